The average Bonchev–Trinajstić information content (AvgIpc) is 2.49. The predicted molar refractivity (Wildman–Crippen MR) is 84.9 cm³/mol. The molecule has 1 N–H and O–H groups in total. The summed E-state index contributed by atoms with van der Waals surface area (Å²) in [4.78, 5) is 22.0. The summed E-state index contributed by atoms with van der Waals surface area (Å²) in [5, 5.41) is 3.39. The fourth-order valence-electron chi connectivity index (χ4n) is 2.38. The standard InChI is InChI=1S/C14H22N4O2S/c1-2-20-13-9-12(15-10-16-13)17-11-3-6-18(7-4-11)14(19)5-8-21/h9-11,21H,2-8H2,1H3,(H,15,16,17). The van der Waals surface area contributed by atoms with Gasteiger partial charge in [-0.25, -0.2) is 9.97 Å². The first-order valence-corrected chi connectivity index (χ1v) is 7.96. The lowest BCUT2D eigenvalue weighted by Crippen LogP contribution is -2.42. The van der Waals surface area contributed by atoms with Gasteiger partial charge >= 0.3 is 0 Å². The monoisotopic (exact) mass is 310 g/mol. The van der Waals surface area contributed by atoms with Gasteiger partial charge in [-0.05, 0) is 25.5 Å². The number of hydrogen-bond donors (Lipinski definition) is 2. The number of carbonyl (C=O) groups excluding carboxylic acids is 1. The molecule has 0 unspecified atom stereocenters. The third kappa shape index (κ3) is 4.77. The van der Waals surface area contributed by atoms with Gasteiger partial charge in [-0.2, -0.15) is 12.6 Å². The molecule has 0 aliphatic carbocycles. The van der Waals surface area contributed by atoms with E-state index in [1.54, 1.807) is 0 Å². The summed E-state index contributed by atoms with van der Waals surface area (Å²) in [5.74, 6) is 2.16. The van der Waals surface area contributed by atoms with Gasteiger partial charge in [0.05, 0.1) is 6.61 Å². The average molecular weight is 310 g/mol. The van der Waals surface area contributed by atoms with E-state index in [1.807, 2.05) is 17.9 Å². The van der Waals surface area contributed by atoms with Crippen LogP contribution in [0, 0.1) is 0 Å². The number of rotatable bonds is 6. The maximum atomic E-state index is 11.8. The number of piperidine rings is 1. The smallest absolute Gasteiger partial charge is 0.223 e. The van der Waals surface area contributed by atoms with E-state index in [0.717, 1.165) is 31.7 Å². The van der Waals surface area contributed by atoms with Crippen molar-refractivity contribution in [3.8, 4) is 5.88 Å². The topological polar surface area (TPSA) is 67.3 Å². The molecule has 0 spiro atoms. The van der Waals surface area contributed by atoms with E-state index in [4.69, 9.17) is 4.74 Å². The van der Waals surface area contributed by atoms with Crippen LogP contribution in [0.3, 0.4) is 0 Å². The van der Waals surface area contributed by atoms with Gasteiger partial charge in [0.15, 0.2) is 0 Å². The number of thiol groups is 1. The molecule has 1 aliphatic heterocycles. The third-order valence-corrected chi connectivity index (χ3v) is 3.68. The van der Waals surface area contributed by atoms with Crippen LogP contribution in [0.5, 0.6) is 5.88 Å². The first kappa shape index (κ1) is 15.9. The Hall–Kier alpha value is -1.50. The van der Waals surface area contributed by atoms with Crippen LogP contribution in [0.2, 0.25) is 0 Å². The van der Waals surface area contributed by atoms with Crippen LogP contribution < -0.4 is 10.1 Å². The summed E-state index contributed by atoms with van der Waals surface area (Å²) in [5.41, 5.74) is 0. The van der Waals surface area contributed by atoms with Crippen molar-refractivity contribution in [2.75, 3.05) is 30.8 Å². The van der Waals surface area contributed by atoms with Gasteiger partial charge in [-0.3, -0.25) is 4.79 Å². The molecule has 1 saturated heterocycles. The molecule has 21 heavy (non-hydrogen) atoms. The van der Waals surface area contributed by atoms with Gasteiger partial charge in [-0.1, -0.05) is 0 Å². The van der Waals surface area contributed by atoms with Gasteiger partial charge in [0, 0.05) is 31.6 Å². The molecule has 1 aliphatic rings. The Morgan fingerprint density at radius 2 is 2.24 bits per heavy atom. The largest absolute Gasteiger partial charge is 0.478 e. The number of amides is 1. The minimum atomic E-state index is 0.198. The molecule has 6 nitrogen and oxygen atoms in total. The molecule has 116 valence electrons. The maximum Gasteiger partial charge on any atom is 0.223 e. The van der Waals surface area contributed by atoms with Crippen LogP contribution in [0.15, 0.2) is 12.4 Å². The van der Waals surface area contributed by atoms with Crippen LogP contribution in [-0.4, -0.2) is 52.3 Å². The highest BCUT2D eigenvalue weighted by Crippen LogP contribution is 2.18. The number of anilines is 1. The molecule has 0 aromatic carbocycles. The van der Waals surface area contributed by atoms with Gasteiger partial charge in [0.25, 0.3) is 0 Å². The second-order valence-electron chi connectivity index (χ2n) is 4.95. The van der Waals surface area contributed by atoms with Gasteiger partial charge in [0.2, 0.25) is 11.8 Å². The van der Waals surface area contributed by atoms with Crippen molar-refractivity contribution in [2.24, 2.45) is 0 Å². The van der Waals surface area contributed by atoms with Crippen LogP contribution in [-0.2, 0) is 4.79 Å². The molecule has 2 heterocycles. The molecule has 0 atom stereocenters. The van der Waals surface area contributed by atoms with Crippen LogP contribution in [0.4, 0.5) is 5.82 Å². The van der Waals surface area contributed by atoms with Crippen molar-refractivity contribution >= 4 is 24.4 Å². The fourth-order valence-corrected chi connectivity index (χ4v) is 2.57. The lowest BCUT2D eigenvalue weighted by molar-refractivity contribution is -0.131. The quantitative estimate of drug-likeness (QED) is 0.781. The highest BCUT2D eigenvalue weighted by molar-refractivity contribution is 7.80. The molecular formula is C14H22N4O2S. The molecule has 2 rings (SSSR count). The lowest BCUT2D eigenvalue weighted by atomic mass is 10.0. The van der Waals surface area contributed by atoms with Crippen LogP contribution in [0.25, 0.3) is 0 Å². The lowest BCUT2D eigenvalue weighted by Gasteiger charge is -2.32. The minimum Gasteiger partial charge on any atom is -0.478 e. The Morgan fingerprint density at radius 1 is 1.48 bits per heavy atom. The Labute approximate surface area is 130 Å². The van der Waals surface area contributed by atoms with Gasteiger partial charge in [0.1, 0.15) is 12.1 Å². The van der Waals surface area contributed by atoms with E-state index >= 15 is 0 Å². The zero-order valence-electron chi connectivity index (χ0n) is 12.3. The summed E-state index contributed by atoms with van der Waals surface area (Å²) in [7, 11) is 0. The Morgan fingerprint density at radius 3 is 2.90 bits per heavy atom. The molecule has 0 bridgehead atoms. The summed E-state index contributed by atoms with van der Waals surface area (Å²) >= 11 is 4.10. The normalized spacial score (nSPS) is 15.8. The zero-order chi connectivity index (χ0) is 15.1. The number of nitrogens with one attached hydrogen (secondary N) is 1. The van der Waals surface area contributed by atoms with Gasteiger partial charge < -0.3 is 15.0 Å². The first-order valence-electron chi connectivity index (χ1n) is 7.33. The maximum absolute atomic E-state index is 11.8. The number of nitrogens with zero attached hydrogens (tertiary/aromatic N) is 3. The molecule has 1 amide bonds. The molecule has 1 fully saturated rings. The Kier molecular flexibility index (Phi) is 6.10. The number of carbonyl (C=O) groups is 1. The second kappa shape index (κ2) is 8.07. The van der Waals surface area contributed by atoms with Crippen molar-refractivity contribution in [2.45, 2.75) is 32.2 Å². The van der Waals surface area contributed by atoms with E-state index in [-0.39, 0.29) is 5.91 Å². The highest BCUT2D eigenvalue weighted by atomic mass is 32.1. The van der Waals surface area contributed by atoms with E-state index in [0.29, 0.717) is 30.7 Å². The Bertz CT molecular complexity index is 464. The molecule has 1 aromatic rings. The molecule has 0 radical (unpaired) electrons. The Balaban J connectivity index is 1.83. The fraction of sp³-hybridized carbons (Fsp3) is 0.643. The zero-order valence-corrected chi connectivity index (χ0v) is 13.2. The number of ether oxygens (including phenoxy) is 1. The minimum absolute atomic E-state index is 0.198. The van der Waals surface area contributed by atoms with Crippen molar-refractivity contribution in [1.29, 1.82) is 0 Å². The van der Waals surface area contributed by atoms with E-state index in [9.17, 15) is 4.79 Å². The number of likely N-dealkylation sites (tertiary alicyclic amines) is 1. The van der Waals surface area contributed by atoms with E-state index < -0.39 is 0 Å². The summed E-state index contributed by atoms with van der Waals surface area (Å²) in [6, 6.07) is 2.14. The molecule has 0 saturated carbocycles. The second-order valence-corrected chi connectivity index (χ2v) is 5.39. The van der Waals surface area contributed by atoms with Crippen molar-refractivity contribution in [1.82, 2.24) is 14.9 Å². The molecule has 1 aromatic heterocycles. The first-order chi connectivity index (χ1) is 10.2. The number of hydrogen-bond acceptors (Lipinski definition) is 6. The summed E-state index contributed by atoms with van der Waals surface area (Å²) in [6.07, 6.45) is 3.86. The van der Waals surface area contributed by atoms with E-state index in [1.165, 1.54) is 6.33 Å². The molecule has 7 heteroatoms. The number of aromatic nitrogens is 2. The van der Waals surface area contributed by atoms with Crippen molar-refractivity contribution in [3.63, 3.8) is 0 Å². The van der Waals surface area contributed by atoms with Crippen molar-refractivity contribution < 1.29 is 9.53 Å². The SMILES string of the molecule is CCOc1cc(NC2CCN(C(=O)CCS)CC2)ncn1. The summed E-state index contributed by atoms with van der Waals surface area (Å²) in [6.45, 7) is 4.08. The van der Waals surface area contributed by atoms with Crippen LogP contribution >= 0.6 is 12.6 Å². The van der Waals surface area contributed by atoms with Gasteiger partial charge in [-0.15, -0.1) is 0 Å². The van der Waals surface area contributed by atoms with E-state index in [2.05, 4.69) is 27.9 Å². The highest BCUT2D eigenvalue weighted by Gasteiger charge is 2.22. The van der Waals surface area contributed by atoms with Crippen molar-refractivity contribution in [3.05, 3.63) is 12.4 Å². The predicted octanol–water partition coefficient (Wildman–Crippen LogP) is 1.60. The van der Waals surface area contributed by atoms with Crippen LogP contribution in [0.1, 0.15) is 26.2 Å². The summed E-state index contributed by atoms with van der Waals surface area (Å²) < 4.78 is 5.36. The molecular weight excluding hydrogens is 288 g/mol. The third-order valence-electron chi connectivity index (χ3n) is 3.46.